The van der Waals surface area contributed by atoms with Gasteiger partial charge in [-0.05, 0) is 36.1 Å². The summed E-state index contributed by atoms with van der Waals surface area (Å²) in [6.45, 7) is 7.15. The Bertz CT molecular complexity index is 650. The number of methoxy groups -OCH3 is 1. The van der Waals surface area contributed by atoms with Crippen LogP contribution in [-0.4, -0.2) is 16.9 Å². The number of hydrogen-bond donors (Lipinski definition) is 0. The molecule has 2 aromatic rings. The lowest BCUT2D eigenvalue weighted by atomic mass is 10.0. The average molecular weight is 269 g/mol. The van der Waals surface area contributed by atoms with E-state index in [1.165, 1.54) is 0 Å². The summed E-state index contributed by atoms with van der Waals surface area (Å²) < 4.78 is 7.21. The molecule has 0 atom stereocenters. The van der Waals surface area contributed by atoms with E-state index in [-0.39, 0.29) is 0 Å². The first-order chi connectivity index (χ1) is 9.55. The lowest BCUT2D eigenvalue weighted by Gasteiger charge is -2.09. The Morgan fingerprint density at radius 1 is 1.35 bits per heavy atom. The normalized spacial score (nSPS) is 10.6. The summed E-state index contributed by atoms with van der Waals surface area (Å²) in [5.74, 6) is 1.20. The van der Waals surface area contributed by atoms with Crippen molar-refractivity contribution in [1.29, 1.82) is 5.26 Å². The van der Waals surface area contributed by atoms with Gasteiger partial charge < -0.3 is 4.74 Å². The van der Waals surface area contributed by atoms with Gasteiger partial charge >= 0.3 is 0 Å². The van der Waals surface area contributed by atoms with E-state index < -0.39 is 0 Å². The SMILES string of the molecule is COc1c(C)cc(-c2cnn(CC(C)C)c2)cc1C#N. The van der Waals surface area contributed by atoms with Crippen LogP contribution in [0.15, 0.2) is 24.5 Å². The van der Waals surface area contributed by atoms with E-state index in [0.717, 1.165) is 23.2 Å². The predicted molar refractivity (Wildman–Crippen MR) is 78.5 cm³/mol. The molecule has 0 N–H and O–H groups in total. The standard InChI is InChI=1S/C16H19N3O/c1-11(2)9-19-10-15(8-18-19)13-5-12(3)16(20-4)14(6-13)7-17/h5-6,8,10-11H,9H2,1-4H3. The van der Waals surface area contributed by atoms with Crippen LogP contribution in [-0.2, 0) is 6.54 Å². The number of aryl methyl sites for hydroxylation is 1. The van der Waals surface area contributed by atoms with E-state index in [1.54, 1.807) is 7.11 Å². The molecule has 0 fully saturated rings. The number of nitrogens with zero attached hydrogens (tertiary/aromatic N) is 3. The zero-order chi connectivity index (χ0) is 14.7. The number of aromatic nitrogens is 2. The maximum atomic E-state index is 9.22. The lowest BCUT2D eigenvalue weighted by molar-refractivity contribution is 0.410. The molecule has 0 unspecified atom stereocenters. The van der Waals surface area contributed by atoms with Gasteiger partial charge in [0.1, 0.15) is 11.8 Å². The zero-order valence-electron chi connectivity index (χ0n) is 12.3. The molecule has 0 aliphatic carbocycles. The molecule has 0 radical (unpaired) electrons. The minimum Gasteiger partial charge on any atom is -0.495 e. The van der Waals surface area contributed by atoms with Gasteiger partial charge in [-0.3, -0.25) is 4.68 Å². The fourth-order valence-electron chi connectivity index (χ4n) is 2.28. The van der Waals surface area contributed by atoms with Crippen molar-refractivity contribution < 1.29 is 4.74 Å². The third kappa shape index (κ3) is 2.83. The number of benzene rings is 1. The monoisotopic (exact) mass is 269 g/mol. The van der Waals surface area contributed by atoms with Crippen molar-refractivity contribution in [3.05, 3.63) is 35.7 Å². The lowest BCUT2D eigenvalue weighted by Crippen LogP contribution is -2.03. The smallest absolute Gasteiger partial charge is 0.139 e. The first-order valence-corrected chi connectivity index (χ1v) is 6.66. The Morgan fingerprint density at radius 3 is 2.70 bits per heavy atom. The Labute approximate surface area is 119 Å². The van der Waals surface area contributed by atoms with Gasteiger partial charge in [0.15, 0.2) is 0 Å². The third-order valence-electron chi connectivity index (χ3n) is 3.12. The Hall–Kier alpha value is -2.28. The van der Waals surface area contributed by atoms with Crippen molar-refractivity contribution in [2.45, 2.75) is 27.3 Å². The maximum Gasteiger partial charge on any atom is 0.139 e. The quantitative estimate of drug-likeness (QED) is 0.854. The molecule has 4 nitrogen and oxygen atoms in total. The first kappa shape index (κ1) is 14.1. The predicted octanol–water partition coefficient (Wildman–Crippen LogP) is 3.39. The molecule has 4 heteroatoms. The number of ether oxygens (including phenoxy) is 1. The molecule has 0 bridgehead atoms. The molecule has 0 spiro atoms. The van der Waals surface area contributed by atoms with E-state index in [4.69, 9.17) is 4.74 Å². The van der Waals surface area contributed by atoms with Crippen LogP contribution < -0.4 is 4.74 Å². The van der Waals surface area contributed by atoms with Crippen LogP contribution in [0.25, 0.3) is 11.1 Å². The Kier molecular flexibility index (Phi) is 4.09. The molecular formula is C16H19N3O. The summed E-state index contributed by atoms with van der Waals surface area (Å²) in [6, 6.07) is 6.06. The van der Waals surface area contributed by atoms with E-state index in [0.29, 0.717) is 17.2 Å². The number of rotatable bonds is 4. The fourth-order valence-corrected chi connectivity index (χ4v) is 2.28. The second-order valence-corrected chi connectivity index (χ2v) is 5.33. The van der Waals surface area contributed by atoms with Crippen molar-refractivity contribution in [2.24, 2.45) is 5.92 Å². The summed E-state index contributed by atoms with van der Waals surface area (Å²) in [5, 5.41) is 13.6. The van der Waals surface area contributed by atoms with Crippen LogP contribution in [0.3, 0.4) is 0 Å². The number of nitriles is 1. The average Bonchev–Trinajstić information content (AvgIpc) is 2.85. The minimum absolute atomic E-state index is 0.551. The van der Waals surface area contributed by atoms with E-state index in [9.17, 15) is 5.26 Å². The van der Waals surface area contributed by atoms with Gasteiger partial charge in [-0.25, -0.2) is 0 Å². The molecule has 1 aromatic heterocycles. The highest BCUT2D eigenvalue weighted by Gasteiger charge is 2.11. The maximum absolute atomic E-state index is 9.22. The van der Waals surface area contributed by atoms with Gasteiger partial charge in [0.2, 0.25) is 0 Å². The van der Waals surface area contributed by atoms with Gasteiger partial charge in [-0.1, -0.05) is 13.8 Å². The van der Waals surface area contributed by atoms with Crippen LogP contribution in [0.4, 0.5) is 0 Å². The van der Waals surface area contributed by atoms with Gasteiger partial charge in [0, 0.05) is 18.3 Å². The van der Waals surface area contributed by atoms with Crippen molar-refractivity contribution in [2.75, 3.05) is 7.11 Å². The molecule has 0 aliphatic rings. The summed E-state index contributed by atoms with van der Waals surface area (Å²) in [6.07, 6.45) is 3.85. The van der Waals surface area contributed by atoms with Crippen LogP contribution >= 0.6 is 0 Å². The highest BCUT2D eigenvalue weighted by atomic mass is 16.5. The van der Waals surface area contributed by atoms with Gasteiger partial charge in [0.25, 0.3) is 0 Å². The van der Waals surface area contributed by atoms with E-state index >= 15 is 0 Å². The van der Waals surface area contributed by atoms with Gasteiger partial charge in [-0.15, -0.1) is 0 Å². The van der Waals surface area contributed by atoms with Crippen LogP contribution in [0.2, 0.25) is 0 Å². The summed E-state index contributed by atoms with van der Waals surface area (Å²) in [7, 11) is 1.59. The highest BCUT2D eigenvalue weighted by molar-refractivity contribution is 5.68. The molecule has 104 valence electrons. The van der Waals surface area contributed by atoms with Crippen molar-refractivity contribution in [3.63, 3.8) is 0 Å². The second-order valence-electron chi connectivity index (χ2n) is 5.33. The highest BCUT2D eigenvalue weighted by Crippen LogP contribution is 2.29. The molecular weight excluding hydrogens is 250 g/mol. The molecule has 0 saturated heterocycles. The molecule has 20 heavy (non-hydrogen) atoms. The second kappa shape index (κ2) is 5.79. The zero-order valence-corrected chi connectivity index (χ0v) is 12.3. The molecule has 1 aromatic carbocycles. The summed E-state index contributed by atoms with van der Waals surface area (Å²) in [5.41, 5.74) is 3.53. The molecule has 0 aliphatic heterocycles. The molecule has 1 heterocycles. The fraction of sp³-hybridized carbons (Fsp3) is 0.375. The third-order valence-corrected chi connectivity index (χ3v) is 3.12. The van der Waals surface area contributed by atoms with Crippen molar-refractivity contribution in [1.82, 2.24) is 9.78 Å². The van der Waals surface area contributed by atoms with Crippen LogP contribution in [0, 0.1) is 24.2 Å². The van der Waals surface area contributed by atoms with Crippen LogP contribution in [0.5, 0.6) is 5.75 Å². The van der Waals surface area contributed by atoms with Gasteiger partial charge in [0.05, 0.1) is 18.9 Å². The molecule has 2 rings (SSSR count). The van der Waals surface area contributed by atoms with E-state index in [2.05, 4.69) is 25.0 Å². The Balaban J connectivity index is 2.41. The van der Waals surface area contributed by atoms with Crippen LogP contribution in [0.1, 0.15) is 25.0 Å². The van der Waals surface area contributed by atoms with Gasteiger partial charge in [-0.2, -0.15) is 10.4 Å². The summed E-state index contributed by atoms with van der Waals surface area (Å²) in [4.78, 5) is 0. The van der Waals surface area contributed by atoms with Crippen molar-refractivity contribution in [3.8, 4) is 22.9 Å². The van der Waals surface area contributed by atoms with Crippen molar-refractivity contribution >= 4 is 0 Å². The summed E-state index contributed by atoms with van der Waals surface area (Å²) >= 11 is 0. The van der Waals surface area contributed by atoms with E-state index in [1.807, 2.05) is 36.1 Å². The number of hydrogen-bond acceptors (Lipinski definition) is 3. The Morgan fingerprint density at radius 2 is 2.10 bits per heavy atom. The topological polar surface area (TPSA) is 50.8 Å². The first-order valence-electron chi connectivity index (χ1n) is 6.66. The minimum atomic E-state index is 0.551. The molecule has 0 saturated carbocycles. The largest absolute Gasteiger partial charge is 0.495 e. The molecule has 0 amide bonds.